The Balaban J connectivity index is 1.71. The van der Waals surface area contributed by atoms with Crippen molar-refractivity contribution < 1.29 is 9.59 Å². The molecule has 0 spiro atoms. The highest BCUT2D eigenvalue weighted by Crippen LogP contribution is 2.26. The SMILES string of the molecule is CC(C)[C@@H](NC(=O)c1ccc(N2CCCC2=O)cc1)c1cccs1. The molecule has 1 aliphatic heterocycles. The summed E-state index contributed by atoms with van der Waals surface area (Å²) >= 11 is 1.66. The first-order valence-corrected chi connectivity index (χ1v) is 9.19. The summed E-state index contributed by atoms with van der Waals surface area (Å²) < 4.78 is 0. The maximum Gasteiger partial charge on any atom is 0.251 e. The zero-order chi connectivity index (χ0) is 17.1. The van der Waals surface area contributed by atoms with Gasteiger partial charge in [0.2, 0.25) is 5.91 Å². The third kappa shape index (κ3) is 3.51. The Kier molecular flexibility index (Phi) is 5.00. The van der Waals surface area contributed by atoms with Gasteiger partial charge >= 0.3 is 0 Å². The summed E-state index contributed by atoms with van der Waals surface area (Å²) in [5, 5.41) is 5.15. The van der Waals surface area contributed by atoms with Gasteiger partial charge in [-0.25, -0.2) is 0 Å². The third-order valence-electron chi connectivity index (χ3n) is 4.32. The number of anilines is 1. The average molecular weight is 342 g/mol. The molecule has 1 N–H and O–H groups in total. The van der Waals surface area contributed by atoms with E-state index < -0.39 is 0 Å². The minimum atomic E-state index is -0.0820. The summed E-state index contributed by atoms with van der Waals surface area (Å²) in [6, 6.07) is 11.4. The minimum absolute atomic E-state index is 0.0114. The molecular weight excluding hydrogens is 320 g/mol. The number of hydrogen-bond acceptors (Lipinski definition) is 3. The number of thiophene rings is 1. The van der Waals surface area contributed by atoms with Gasteiger partial charge in [-0.15, -0.1) is 11.3 Å². The molecule has 2 heterocycles. The van der Waals surface area contributed by atoms with Gasteiger partial charge < -0.3 is 10.2 Å². The van der Waals surface area contributed by atoms with Crippen molar-refractivity contribution in [1.29, 1.82) is 0 Å². The Morgan fingerprint density at radius 1 is 1.21 bits per heavy atom. The zero-order valence-electron chi connectivity index (χ0n) is 14.0. The molecule has 126 valence electrons. The minimum Gasteiger partial charge on any atom is -0.344 e. The topological polar surface area (TPSA) is 49.4 Å². The number of nitrogens with zero attached hydrogens (tertiary/aromatic N) is 1. The highest BCUT2D eigenvalue weighted by Gasteiger charge is 2.23. The summed E-state index contributed by atoms with van der Waals surface area (Å²) in [7, 11) is 0. The van der Waals surface area contributed by atoms with E-state index in [9.17, 15) is 9.59 Å². The zero-order valence-corrected chi connectivity index (χ0v) is 14.8. The molecule has 2 amide bonds. The van der Waals surface area contributed by atoms with E-state index in [1.807, 2.05) is 23.6 Å². The second-order valence-electron chi connectivity index (χ2n) is 6.41. The van der Waals surface area contributed by atoms with Crippen LogP contribution in [0, 0.1) is 5.92 Å². The summed E-state index contributed by atoms with van der Waals surface area (Å²) in [5.41, 5.74) is 1.49. The van der Waals surface area contributed by atoms with Gasteiger partial charge in [0.25, 0.3) is 5.91 Å². The molecule has 2 aromatic rings. The Bertz CT molecular complexity index is 707. The van der Waals surface area contributed by atoms with E-state index in [-0.39, 0.29) is 17.9 Å². The molecular formula is C19H22N2O2S. The lowest BCUT2D eigenvalue weighted by molar-refractivity contribution is -0.117. The molecule has 0 bridgehead atoms. The molecule has 1 aliphatic rings. The maximum atomic E-state index is 12.6. The molecule has 24 heavy (non-hydrogen) atoms. The summed E-state index contributed by atoms with van der Waals surface area (Å²) in [6.07, 6.45) is 1.51. The van der Waals surface area contributed by atoms with Gasteiger partial charge in [0.1, 0.15) is 0 Å². The second kappa shape index (κ2) is 7.18. The van der Waals surface area contributed by atoms with Crippen LogP contribution in [0.15, 0.2) is 41.8 Å². The quantitative estimate of drug-likeness (QED) is 0.893. The lowest BCUT2D eigenvalue weighted by atomic mass is 10.0. The van der Waals surface area contributed by atoms with E-state index in [0.717, 1.165) is 23.5 Å². The molecule has 1 aromatic carbocycles. The smallest absolute Gasteiger partial charge is 0.251 e. The van der Waals surface area contributed by atoms with Crippen molar-refractivity contribution in [1.82, 2.24) is 5.32 Å². The Morgan fingerprint density at radius 2 is 1.96 bits per heavy atom. The van der Waals surface area contributed by atoms with Crippen LogP contribution in [0.3, 0.4) is 0 Å². The lowest BCUT2D eigenvalue weighted by Crippen LogP contribution is -2.31. The molecule has 0 radical (unpaired) electrons. The average Bonchev–Trinajstić information content (AvgIpc) is 3.24. The molecule has 1 fully saturated rings. The van der Waals surface area contributed by atoms with E-state index in [1.165, 1.54) is 0 Å². The molecule has 4 nitrogen and oxygen atoms in total. The third-order valence-corrected chi connectivity index (χ3v) is 5.27. The van der Waals surface area contributed by atoms with E-state index in [0.29, 0.717) is 17.9 Å². The van der Waals surface area contributed by atoms with Crippen molar-refractivity contribution in [3.05, 3.63) is 52.2 Å². The number of rotatable bonds is 5. The van der Waals surface area contributed by atoms with Crippen LogP contribution in [0.5, 0.6) is 0 Å². The van der Waals surface area contributed by atoms with Crippen LogP contribution in [-0.2, 0) is 4.79 Å². The van der Waals surface area contributed by atoms with E-state index in [1.54, 1.807) is 28.4 Å². The van der Waals surface area contributed by atoms with Crippen molar-refractivity contribution in [2.24, 2.45) is 5.92 Å². The predicted molar refractivity (Wildman–Crippen MR) is 97.4 cm³/mol. The van der Waals surface area contributed by atoms with Crippen LogP contribution in [-0.4, -0.2) is 18.4 Å². The van der Waals surface area contributed by atoms with Crippen LogP contribution in [0.2, 0.25) is 0 Å². The number of carbonyl (C=O) groups is 2. The van der Waals surface area contributed by atoms with E-state index in [2.05, 4.69) is 25.2 Å². The molecule has 1 saturated heterocycles. The highest BCUT2D eigenvalue weighted by atomic mass is 32.1. The van der Waals surface area contributed by atoms with E-state index in [4.69, 9.17) is 0 Å². The Morgan fingerprint density at radius 3 is 2.50 bits per heavy atom. The Labute approximate surface area is 146 Å². The molecule has 5 heteroatoms. The van der Waals surface area contributed by atoms with Crippen LogP contribution < -0.4 is 10.2 Å². The van der Waals surface area contributed by atoms with Gasteiger partial charge in [0, 0.05) is 29.1 Å². The first kappa shape index (κ1) is 16.7. The molecule has 1 atom stereocenters. The summed E-state index contributed by atoms with van der Waals surface area (Å²) in [4.78, 5) is 27.3. The molecule has 3 rings (SSSR count). The fraction of sp³-hybridized carbons (Fsp3) is 0.368. The second-order valence-corrected chi connectivity index (χ2v) is 7.39. The molecule has 0 saturated carbocycles. The van der Waals surface area contributed by atoms with Gasteiger partial charge in [-0.2, -0.15) is 0 Å². The van der Waals surface area contributed by atoms with Crippen molar-refractivity contribution in [3.8, 4) is 0 Å². The van der Waals surface area contributed by atoms with Crippen LogP contribution >= 0.6 is 11.3 Å². The molecule has 0 unspecified atom stereocenters. The first-order chi connectivity index (χ1) is 11.6. The fourth-order valence-corrected chi connectivity index (χ4v) is 3.92. The number of carbonyl (C=O) groups excluding carboxylic acids is 2. The van der Waals surface area contributed by atoms with Crippen molar-refractivity contribution in [3.63, 3.8) is 0 Å². The van der Waals surface area contributed by atoms with E-state index >= 15 is 0 Å². The molecule has 1 aromatic heterocycles. The summed E-state index contributed by atoms with van der Waals surface area (Å²) in [6.45, 7) is 4.97. The fourth-order valence-electron chi connectivity index (χ4n) is 2.97. The predicted octanol–water partition coefficient (Wildman–Crippen LogP) is 4.00. The first-order valence-electron chi connectivity index (χ1n) is 8.31. The van der Waals surface area contributed by atoms with Gasteiger partial charge in [-0.05, 0) is 48.1 Å². The number of hydrogen-bond donors (Lipinski definition) is 1. The largest absolute Gasteiger partial charge is 0.344 e. The van der Waals surface area contributed by atoms with Gasteiger partial charge in [0.05, 0.1) is 6.04 Å². The van der Waals surface area contributed by atoms with Crippen molar-refractivity contribution in [2.45, 2.75) is 32.7 Å². The number of amides is 2. The van der Waals surface area contributed by atoms with Crippen molar-refractivity contribution >= 4 is 28.8 Å². The van der Waals surface area contributed by atoms with Crippen molar-refractivity contribution in [2.75, 3.05) is 11.4 Å². The summed E-state index contributed by atoms with van der Waals surface area (Å²) in [5.74, 6) is 0.389. The lowest BCUT2D eigenvalue weighted by Gasteiger charge is -2.21. The van der Waals surface area contributed by atoms with Crippen LogP contribution in [0.1, 0.15) is 48.0 Å². The highest BCUT2D eigenvalue weighted by molar-refractivity contribution is 7.10. The normalized spacial score (nSPS) is 15.8. The standard InChI is InChI=1S/C19H22N2O2S/c1-13(2)18(16-5-4-12-24-16)20-19(23)14-7-9-15(10-8-14)21-11-3-6-17(21)22/h4-5,7-10,12-13,18H,3,6,11H2,1-2H3,(H,20,23)/t18-/m1/s1. The van der Waals surface area contributed by atoms with Gasteiger partial charge in [-0.1, -0.05) is 19.9 Å². The van der Waals surface area contributed by atoms with Gasteiger partial charge in [-0.3, -0.25) is 9.59 Å². The monoisotopic (exact) mass is 342 g/mol. The molecule has 0 aliphatic carbocycles. The Hall–Kier alpha value is -2.14. The number of nitrogens with one attached hydrogen (secondary N) is 1. The number of benzene rings is 1. The van der Waals surface area contributed by atoms with Crippen LogP contribution in [0.4, 0.5) is 5.69 Å². The maximum absolute atomic E-state index is 12.6. The van der Waals surface area contributed by atoms with Crippen LogP contribution in [0.25, 0.3) is 0 Å². The van der Waals surface area contributed by atoms with Gasteiger partial charge in [0.15, 0.2) is 0 Å².